The van der Waals surface area contributed by atoms with Crippen LogP contribution in [0.5, 0.6) is 0 Å². The average molecular weight is 468 g/mol. The Balaban J connectivity index is 1.76. The maximum absolute atomic E-state index is 13.6. The van der Waals surface area contributed by atoms with Crippen LogP contribution in [0.3, 0.4) is 0 Å². The highest BCUT2D eigenvalue weighted by molar-refractivity contribution is 7.92. The van der Waals surface area contributed by atoms with Gasteiger partial charge in [0.25, 0.3) is 10.0 Å². The molecule has 0 spiro atoms. The molecule has 1 atom stereocenters. The Labute approximate surface area is 197 Å². The molecule has 6 nitrogen and oxygen atoms in total. The largest absolute Gasteiger partial charge is 0.387 e. The Kier molecular flexibility index (Phi) is 8.24. The number of nitrogens with zero attached hydrogens (tertiary/aromatic N) is 2. The molecule has 0 amide bonds. The minimum atomic E-state index is -3.75. The SMILES string of the molecule is Cc1ccc(N(CC(C)C)S(=O)(=O)c2ccc(C(O)CNCc3cccnc3)cc2)c(C)c1. The minimum absolute atomic E-state index is 0.160. The third-order valence-electron chi connectivity index (χ3n) is 5.39. The third-order valence-corrected chi connectivity index (χ3v) is 7.19. The molecule has 176 valence electrons. The number of aliphatic hydroxyl groups is 1. The van der Waals surface area contributed by atoms with Crippen molar-refractivity contribution in [1.29, 1.82) is 0 Å². The van der Waals surface area contributed by atoms with Crippen LogP contribution in [0.25, 0.3) is 0 Å². The normalized spacial score (nSPS) is 12.7. The van der Waals surface area contributed by atoms with E-state index in [1.165, 1.54) is 4.31 Å². The molecular formula is C26H33N3O3S. The molecule has 1 heterocycles. The second-order valence-electron chi connectivity index (χ2n) is 8.80. The predicted octanol–water partition coefficient (Wildman–Crippen LogP) is 4.37. The van der Waals surface area contributed by atoms with Gasteiger partial charge in [-0.2, -0.15) is 0 Å². The van der Waals surface area contributed by atoms with Gasteiger partial charge in [-0.1, -0.05) is 49.7 Å². The summed E-state index contributed by atoms with van der Waals surface area (Å²) < 4.78 is 28.6. The molecule has 2 N–H and O–H groups in total. The summed E-state index contributed by atoms with van der Waals surface area (Å²) >= 11 is 0. The molecule has 0 bridgehead atoms. The lowest BCUT2D eigenvalue weighted by atomic mass is 10.1. The van der Waals surface area contributed by atoms with Crippen molar-refractivity contribution in [2.24, 2.45) is 5.92 Å². The predicted molar refractivity (Wildman–Crippen MR) is 133 cm³/mol. The molecule has 3 rings (SSSR count). The van der Waals surface area contributed by atoms with Crippen molar-refractivity contribution in [1.82, 2.24) is 10.3 Å². The molecule has 0 aliphatic rings. The quantitative estimate of drug-likeness (QED) is 0.463. The molecule has 2 aromatic carbocycles. The number of pyridine rings is 1. The summed E-state index contributed by atoms with van der Waals surface area (Å²) in [6.07, 6.45) is 2.75. The number of nitrogens with one attached hydrogen (secondary N) is 1. The molecular weight excluding hydrogens is 434 g/mol. The molecule has 0 fully saturated rings. The van der Waals surface area contributed by atoms with Crippen LogP contribution in [0.4, 0.5) is 5.69 Å². The van der Waals surface area contributed by atoms with E-state index < -0.39 is 16.1 Å². The standard InChI is InChI=1S/C26H33N3O3S/c1-19(2)18-29(25-12-7-20(3)14-21(25)4)33(31,32)24-10-8-23(9-11-24)26(30)17-28-16-22-6-5-13-27-15-22/h5-15,19,26,28,30H,16-18H2,1-4H3. The first-order chi connectivity index (χ1) is 15.7. The third kappa shape index (κ3) is 6.41. The number of benzene rings is 2. The number of hydrogen-bond donors (Lipinski definition) is 2. The van der Waals surface area contributed by atoms with Crippen molar-refractivity contribution in [2.45, 2.75) is 45.2 Å². The van der Waals surface area contributed by atoms with Gasteiger partial charge >= 0.3 is 0 Å². The summed E-state index contributed by atoms with van der Waals surface area (Å²) in [5.74, 6) is 0.160. The van der Waals surface area contributed by atoms with Crippen LogP contribution in [0.2, 0.25) is 0 Å². The molecule has 3 aromatic rings. The lowest BCUT2D eigenvalue weighted by molar-refractivity contribution is 0.174. The molecule has 7 heteroatoms. The van der Waals surface area contributed by atoms with Crippen LogP contribution < -0.4 is 9.62 Å². The lowest BCUT2D eigenvalue weighted by Crippen LogP contribution is -2.34. The lowest BCUT2D eigenvalue weighted by Gasteiger charge is -2.28. The molecule has 1 aromatic heterocycles. The van der Waals surface area contributed by atoms with E-state index in [4.69, 9.17) is 0 Å². The van der Waals surface area contributed by atoms with Gasteiger partial charge in [0, 0.05) is 32.0 Å². The number of hydrogen-bond acceptors (Lipinski definition) is 5. The van der Waals surface area contributed by atoms with E-state index in [-0.39, 0.29) is 10.8 Å². The average Bonchev–Trinajstić information content (AvgIpc) is 2.78. The Morgan fingerprint density at radius 2 is 1.79 bits per heavy atom. The van der Waals surface area contributed by atoms with Crippen LogP contribution >= 0.6 is 0 Å². The summed E-state index contributed by atoms with van der Waals surface area (Å²) in [5.41, 5.74) is 4.40. The minimum Gasteiger partial charge on any atom is -0.387 e. The van der Waals surface area contributed by atoms with Crippen molar-refractivity contribution in [3.8, 4) is 0 Å². The van der Waals surface area contributed by atoms with Crippen LogP contribution in [0.1, 0.15) is 42.2 Å². The van der Waals surface area contributed by atoms with E-state index in [1.54, 1.807) is 36.7 Å². The first-order valence-corrected chi connectivity index (χ1v) is 12.6. The topological polar surface area (TPSA) is 82.5 Å². The number of rotatable bonds is 10. The molecule has 0 saturated carbocycles. The highest BCUT2D eigenvalue weighted by atomic mass is 32.2. The molecule has 0 aliphatic carbocycles. The van der Waals surface area contributed by atoms with Crippen LogP contribution in [-0.4, -0.2) is 31.6 Å². The summed E-state index contributed by atoms with van der Waals surface area (Å²) in [5, 5.41) is 13.7. The first kappa shape index (κ1) is 24.9. The van der Waals surface area contributed by atoms with Crippen molar-refractivity contribution in [2.75, 3.05) is 17.4 Å². The zero-order chi connectivity index (χ0) is 24.0. The smallest absolute Gasteiger partial charge is 0.264 e. The summed E-state index contributed by atoms with van der Waals surface area (Å²) in [6, 6.07) is 16.1. The van der Waals surface area contributed by atoms with Crippen LogP contribution in [0.15, 0.2) is 71.9 Å². The first-order valence-electron chi connectivity index (χ1n) is 11.2. The molecule has 0 saturated heterocycles. The van der Waals surface area contributed by atoms with E-state index >= 15 is 0 Å². The van der Waals surface area contributed by atoms with Gasteiger partial charge in [0.05, 0.1) is 16.7 Å². The second-order valence-corrected chi connectivity index (χ2v) is 10.7. The summed E-state index contributed by atoms with van der Waals surface area (Å²) in [6.45, 7) is 9.26. The van der Waals surface area contributed by atoms with Crippen LogP contribution in [-0.2, 0) is 16.6 Å². The van der Waals surface area contributed by atoms with E-state index in [2.05, 4.69) is 10.3 Å². The molecule has 1 unspecified atom stereocenters. The molecule has 0 radical (unpaired) electrons. The van der Waals surface area contributed by atoms with Gasteiger partial charge in [0.15, 0.2) is 0 Å². The van der Waals surface area contributed by atoms with Crippen molar-refractivity contribution >= 4 is 15.7 Å². The fourth-order valence-corrected chi connectivity index (χ4v) is 5.40. The zero-order valence-corrected chi connectivity index (χ0v) is 20.5. The van der Waals surface area contributed by atoms with Gasteiger partial charge in [-0.15, -0.1) is 0 Å². The highest BCUT2D eigenvalue weighted by Gasteiger charge is 2.27. The monoisotopic (exact) mass is 467 g/mol. The van der Waals surface area contributed by atoms with Crippen molar-refractivity contribution < 1.29 is 13.5 Å². The Morgan fingerprint density at radius 1 is 1.06 bits per heavy atom. The Morgan fingerprint density at radius 3 is 2.39 bits per heavy atom. The van der Waals surface area contributed by atoms with E-state index in [9.17, 15) is 13.5 Å². The number of aliphatic hydroxyl groups excluding tert-OH is 1. The molecule has 33 heavy (non-hydrogen) atoms. The molecule has 0 aliphatic heterocycles. The number of sulfonamides is 1. The van der Waals surface area contributed by atoms with E-state index in [0.29, 0.717) is 30.9 Å². The maximum atomic E-state index is 13.6. The number of anilines is 1. The second kappa shape index (κ2) is 10.9. The van der Waals surface area contributed by atoms with Crippen LogP contribution in [0, 0.1) is 19.8 Å². The fraction of sp³-hybridized carbons (Fsp3) is 0.346. The zero-order valence-electron chi connectivity index (χ0n) is 19.7. The van der Waals surface area contributed by atoms with Gasteiger partial charge in [0.2, 0.25) is 0 Å². The van der Waals surface area contributed by atoms with Gasteiger partial charge in [-0.05, 0) is 60.7 Å². The van der Waals surface area contributed by atoms with E-state index in [1.807, 2.05) is 58.0 Å². The highest BCUT2D eigenvalue weighted by Crippen LogP contribution is 2.29. The summed E-state index contributed by atoms with van der Waals surface area (Å²) in [7, 11) is -3.75. The summed E-state index contributed by atoms with van der Waals surface area (Å²) in [4.78, 5) is 4.28. The van der Waals surface area contributed by atoms with Gasteiger partial charge in [-0.3, -0.25) is 9.29 Å². The Bertz CT molecular complexity index is 1150. The Hall–Kier alpha value is -2.74. The fourth-order valence-electron chi connectivity index (χ4n) is 3.71. The van der Waals surface area contributed by atoms with Crippen molar-refractivity contribution in [3.05, 3.63) is 89.2 Å². The van der Waals surface area contributed by atoms with Gasteiger partial charge in [0.1, 0.15) is 0 Å². The van der Waals surface area contributed by atoms with Crippen molar-refractivity contribution in [3.63, 3.8) is 0 Å². The maximum Gasteiger partial charge on any atom is 0.264 e. The van der Waals surface area contributed by atoms with Gasteiger partial charge in [-0.25, -0.2) is 8.42 Å². The number of aromatic nitrogens is 1. The number of aryl methyl sites for hydroxylation is 2. The van der Waals surface area contributed by atoms with E-state index in [0.717, 1.165) is 16.7 Å². The van der Waals surface area contributed by atoms with Gasteiger partial charge < -0.3 is 10.4 Å².